The van der Waals surface area contributed by atoms with Crippen LogP contribution < -0.4 is 4.31 Å². The van der Waals surface area contributed by atoms with Crippen LogP contribution in [-0.2, 0) is 14.8 Å². The van der Waals surface area contributed by atoms with Crippen molar-refractivity contribution in [2.45, 2.75) is 24.9 Å². The second kappa shape index (κ2) is 7.32. The van der Waals surface area contributed by atoms with Crippen molar-refractivity contribution in [1.82, 2.24) is 0 Å². The summed E-state index contributed by atoms with van der Waals surface area (Å²) in [5, 5.41) is -0.280. The minimum atomic E-state index is -3.89. The predicted molar refractivity (Wildman–Crippen MR) is 85.9 cm³/mol. The normalized spacial score (nSPS) is 11.2. The molecule has 2 aromatic rings. The number of anilines is 1. The Balaban J connectivity index is 2.40. The van der Waals surface area contributed by atoms with E-state index in [0.29, 0.717) is 18.7 Å². The van der Waals surface area contributed by atoms with Crippen molar-refractivity contribution in [3.63, 3.8) is 0 Å². The number of para-hydroxylation sites is 1. The smallest absolute Gasteiger partial charge is 0.374 e. The van der Waals surface area contributed by atoms with Crippen LogP contribution in [0.3, 0.4) is 0 Å². The molecular formula is C16H19NO5S. The third-order valence-electron chi connectivity index (χ3n) is 3.27. The number of unbranched alkanes of at least 4 members (excludes halogenated alkanes) is 1. The first-order valence-corrected chi connectivity index (χ1v) is 8.70. The van der Waals surface area contributed by atoms with Gasteiger partial charge < -0.3 is 9.15 Å². The van der Waals surface area contributed by atoms with Gasteiger partial charge in [-0.3, -0.25) is 4.31 Å². The van der Waals surface area contributed by atoms with E-state index in [4.69, 9.17) is 4.42 Å². The van der Waals surface area contributed by atoms with Gasteiger partial charge in [0, 0.05) is 6.54 Å². The van der Waals surface area contributed by atoms with Crippen LogP contribution in [0.2, 0.25) is 0 Å². The fraction of sp³-hybridized carbons (Fsp3) is 0.312. The van der Waals surface area contributed by atoms with Crippen LogP contribution in [0.15, 0.2) is 52.0 Å². The lowest BCUT2D eigenvalue weighted by Gasteiger charge is -2.23. The Kier molecular flexibility index (Phi) is 5.44. The first kappa shape index (κ1) is 17.1. The number of carbonyl (C=O) groups excluding carboxylic acids is 1. The summed E-state index contributed by atoms with van der Waals surface area (Å²) in [6.45, 7) is 2.31. The van der Waals surface area contributed by atoms with Gasteiger partial charge in [0.05, 0.1) is 12.8 Å². The number of esters is 1. The molecule has 0 saturated carbocycles. The standard InChI is InChI=1S/C16H19NO5S/c1-3-4-12-17(13-8-6-5-7-9-13)23(19,20)15-11-10-14(22-15)16(18)21-2/h5-11H,3-4,12H2,1-2H3. The van der Waals surface area contributed by atoms with E-state index < -0.39 is 16.0 Å². The molecule has 1 aromatic carbocycles. The van der Waals surface area contributed by atoms with Crippen molar-refractivity contribution in [3.05, 3.63) is 48.2 Å². The highest BCUT2D eigenvalue weighted by atomic mass is 32.2. The first-order chi connectivity index (χ1) is 11.0. The molecule has 0 N–H and O–H groups in total. The van der Waals surface area contributed by atoms with E-state index in [1.807, 2.05) is 13.0 Å². The Bertz CT molecular complexity index is 752. The molecule has 0 unspecified atom stereocenters. The molecule has 7 heteroatoms. The number of hydrogen-bond acceptors (Lipinski definition) is 5. The highest BCUT2D eigenvalue weighted by Crippen LogP contribution is 2.25. The molecule has 0 saturated heterocycles. The van der Waals surface area contributed by atoms with Crippen molar-refractivity contribution in [2.24, 2.45) is 0 Å². The molecule has 0 atom stereocenters. The number of methoxy groups -OCH3 is 1. The van der Waals surface area contributed by atoms with Gasteiger partial charge in [0.25, 0.3) is 10.0 Å². The van der Waals surface area contributed by atoms with Gasteiger partial charge in [-0.05, 0) is 30.7 Å². The second-order valence-electron chi connectivity index (χ2n) is 4.88. The molecule has 0 spiro atoms. The zero-order valence-corrected chi connectivity index (χ0v) is 13.9. The summed E-state index contributed by atoms with van der Waals surface area (Å²) in [5.41, 5.74) is 0.553. The molecule has 0 radical (unpaired) electrons. The average Bonchev–Trinajstić information content (AvgIpc) is 3.06. The van der Waals surface area contributed by atoms with Crippen LogP contribution in [0.4, 0.5) is 5.69 Å². The summed E-state index contributed by atoms with van der Waals surface area (Å²) in [4.78, 5) is 11.4. The van der Waals surface area contributed by atoms with E-state index in [9.17, 15) is 13.2 Å². The number of nitrogens with zero attached hydrogens (tertiary/aromatic N) is 1. The fourth-order valence-electron chi connectivity index (χ4n) is 2.06. The lowest BCUT2D eigenvalue weighted by molar-refractivity contribution is 0.0559. The summed E-state index contributed by atoms with van der Waals surface area (Å²) in [6.07, 6.45) is 1.56. The van der Waals surface area contributed by atoms with E-state index in [-0.39, 0.29) is 10.9 Å². The van der Waals surface area contributed by atoms with Gasteiger partial charge in [-0.25, -0.2) is 4.79 Å². The largest absolute Gasteiger partial charge is 0.463 e. The van der Waals surface area contributed by atoms with Crippen LogP contribution in [0, 0.1) is 0 Å². The number of rotatable bonds is 7. The van der Waals surface area contributed by atoms with Gasteiger partial charge in [0.1, 0.15) is 0 Å². The van der Waals surface area contributed by atoms with Crippen LogP contribution in [0.25, 0.3) is 0 Å². The zero-order valence-electron chi connectivity index (χ0n) is 13.1. The minimum absolute atomic E-state index is 0.144. The monoisotopic (exact) mass is 337 g/mol. The van der Waals surface area contributed by atoms with Crippen LogP contribution in [0.1, 0.15) is 30.3 Å². The Hall–Kier alpha value is -2.28. The van der Waals surface area contributed by atoms with Gasteiger partial charge in [0.15, 0.2) is 0 Å². The van der Waals surface area contributed by atoms with Gasteiger partial charge in [-0.2, -0.15) is 8.42 Å². The lowest BCUT2D eigenvalue weighted by Crippen LogP contribution is -2.31. The quantitative estimate of drug-likeness (QED) is 0.726. The van der Waals surface area contributed by atoms with E-state index in [2.05, 4.69) is 4.74 Å². The summed E-state index contributed by atoms with van der Waals surface area (Å²) >= 11 is 0. The number of hydrogen-bond donors (Lipinski definition) is 0. The molecule has 0 aliphatic heterocycles. The summed E-state index contributed by atoms with van der Waals surface area (Å²) in [6, 6.07) is 11.4. The molecule has 0 aliphatic rings. The van der Waals surface area contributed by atoms with Crippen LogP contribution >= 0.6 is 0 Å². The molecule has 124 valence electrons. The molecule has 6 nitrogen and oxygen atoms in total. The second-order valence-corrected chi connectivity index (χ2v) is 6.67. The highest BCUT2D eigenvalue weighted by Gasteiger charge is 2.28. The maximum absolute atomic E-state index is 12.8. The summed E-state index contributed by atoms with van der Waals surface area (Å²) in [5.74, 6) is -0.860. The Morgan fingerprint density at radius 1 is 1.17 bits per heavy atom. The number of furan rings is 1. The molecule has 0 fully saturated rings. The molecule has 1 aromatic heterocycles. The SMILES string of the molecule is CCCCN(c1ccccc1)S(=O)(=O)c1ccc(C(=O)OC)o1. The van der Waals surface area contributed by atoms with Gasteiger partial charge in [-0.15, -0.1) is 0 Å². The molecule has 0 amide bonds. The number of carbonyl (C=O) groups is 1. The van der Waals surface area contributed by atoms with Gasteiger partial charge in [-0.1, -0.05) is 31.5 Å². The zero-order chi connectivity index (χ0) is 16.9. The third-order valence-corrected chi connectivity index (χ3v) is 4.97. The van der Waals surface area contributed by atoms with Crippen molar-refractivity contribution in [1.29, 1.82) is 0 Å². The van der Waals surface area contributed by atoms with Crippen molar-refractivity contribution < 1.29 is 22.4 Å². The van der Waals surface area contributed by atoms with Crippen molar-refractivity contribution in [3.8, 4) is 0 Å². The number of benzene rings is 1. The Morgan fingerprint density at radius 2 is 1.87 bits per heavy atom. The molecule has 1 heterocycles. The van der Waals surface area contributed by atoms with E-state index in [1.165, 1.54) is 23.5 Å². The van der Waals surface area contributed by atoms with E-state index >= 15 is 0 Å². The highest BCUT2D eigenvalue weighted by molar-refractivity contribution is 7.92. The molecule has 2 rings (SSSR count). The molecular weight excluding hydrogens is 318 g/mol. The molecule has 0 bridgehead atoms. The molecule has 0 aliphatic carbocycles. The first-order valence-electron chi connectivity index (χ1n) is 7.26. The number of ether oxygens (including phenoxy) is 1. The predicted octanol–water partition coefficient (Wildman–Crippen LogP) is 3.06. The fourth-order valence-corrected chi connectivity index (χ4v) is 3.48. The number of sulfonamides is 1. The summed E-state index contributed by atoms with van der Waals surface area (Å²) < 4.78 is 36.7. The Morgan fingerprint density at radius 3 is 2.48 bits per heavy atom. The van der Waals surface area contributed by atoms with E-state index in [0.717, 1.165) is 6.42 Å². The maximum Gasteiger partial charge on any atom is 0.374 e. The minimum Gasteiger partial charge on any atom is -0.463 e. The van der Waals surface area contributed by atoms with Crippen LogP contribution in [-0.4, -0.2) is 28.0 Å². The molecule has 23 heavy (non-hydrogen) atoms. The average molecular weight is 337 g/mol. The van der Waals surface area contributed by atoms with Crippen LogP contribution in [0.5, 0.6) is 0 Å². The van der Waals surface area contributed by atoms with Crippen molar-refractivity contribution >= 4 is 21.7 Å². The van der Waals surface area contributed by atoms with E-state index in [1.54, 1.807) is 24.3 Å². The lowest BCUT2D eigenvalue weighted by atomic mass is 10.3. The van der Waals surface area contributed by atoms with Crippen molar-refractivity contribution in [2.75, 3.05) is 18.0 Å². The topological polar surface area (TPSA) is 76.8 Å². The summed E-state index contributed by atoms with van der Waals surface area (Å²) in [7, 11) is -2.68. The Labute approximate surface area is 135 Å². The van der Waals surface area contributed by atoms with Gasteiger partial charge in [0.2, 0.25) is 10.9 Å². The third kappa shape index (κ3) is 3.73. The maximum atomic E-state index is 12.8. The van der Waals surface area contributed by atoms with Gasteiger partial charge >= 0.3 is 5.97 Å².